The minimum Gasteiger partial charge on any atom is -0.460 e. The zero-order valence-corrected chi connectivity index (χ0v) is 9.14. The minimum atomic E-state index is -0.578. The van der Waals surface area contributed by atoms with Crippen molar-refractivity contribution in [2.75, 3.05) is 20.0 Å². The standard InChI is InChI=1S/2C5H8O3/c1-4(2)5(7)8-3-6;1-2-5(7)8-4-3-6/h6H,1,3H2,2H3;2,6H,1,3-4H2. The Balaban J connectivity index is 0. The number of carbonyl (C=O) groups excluding carboxylic acids is 2. The second kappa shape index (κ2) is 11.4. The summed E-state index contributed by atoms with van der Waals surface area (Å²) >= 11 is 0. The number of ether oxygens (including phenoxy) is 2. The van der Waals surface area contributed by atoms with Gasteiger partial charge in [-0.1, -0.05) is 13.2 Å². The number of hydrogen-bond donors (Lipinski definition) is 2. The molecular formula is C10H16O6. The van der Waals surface area contributed by atoms with E-state index in [1.807, 2.05) is 0 Å². The van der Waals surface area contributed by atoms with Gasteiger partial charge < -0.3 is 19.7 Å². The average Bonchev–Trinajstić information content (AvgIpc) is 2.27. The normalized spacial score (nSPS) is 8.19. The first-order chi connectivity index (χ1) is 7.49. The predicted octanol–water partition coefficient (Wildman–Crippen LogP) is -0.237. The van der Waals surface area contributed by atoms with E-state index in [-0.39, 0.29) is 13.2 Å². The number of carbonyl (C=O) groups is 2. The number of hydrogen-bond acceptors (Lipinski definition) is 6. The van der Waals surface area contributed by atoms with Crippen molar-refractivity contribution in [1.82, 2.24) is 0 Å². The van der Waals surface area contributed by atoms with Crippen molar-refractivity contribution in [2.45, 2.75) is 6.92 Å². The summed E-state index contributed by atoms with van der Waals surface area (Å²) < 4.78 is 8.45. The van der Waals surface area contributed by atoms with Crippen LogP contribution >= 0.6 is 0 Å². The van der Waals surface area contributed by atoms with Crippen LogP contribution in [0.4, 0.5) is 0 Å². The molecule has 6 heteroatoms. The van der Waals surface area contributed by atoms with Crippen LogP contribution in [0.5, 0.6) is 0 Å². The third kappa shape index (κ3) is 12.3. The third-order valence-corrected chi connectivity index (χ3v) is 1.05. The van der Waals surface area contributed by atoms with Gasteiger partial charge in [-0.25, -0.2) is 9.59 Å². The van der Waals surface area contributed by atoms with Gasteiger partial charge in [0.05, 0.1) is 6.61 Å². The fourth-order valence-electron chi connectivity index (χ4n) is 0.387. The van der Waals surface area contributed by atoms with Crippen LogP contribution in [0, 0.1) is 0 Å². The maximum atomic E-state index is 10.3. The van der Waals surface area contributed by atoms with Crippen LogP contribution in [0.15, 0.2) is 24.8 Å². The lowest BCUT2D eigenvalue weighted by Crippen LogP contribution is -2.04. The predicted molar refractivity (Wildman–Crippen MR) is 56.2 cm³/mol. The average molecular weight is 232 g/mol. The van der Waals surface area contributed by atoms with Crippen LogP contribution in [0.1, 0.15) is 6.92 Å². The molecule has 0 saturated carbocycles. The highest BCUT2D eigenvalue weighted by Crippen LogP contribution is 1.88. The Kier molecular flexibility index (Phi) is 12.0. The van der Waals surface area contributed by atoms with E-state index in [2.05, 4.69) is 22.6 Å². The molecule has 0 saturated heterocycles. The van der Waals surface area contributed by atoms with Gasteiger partial charge in [0, 0.05) is 11.6 Å². The van der Waals surface area contributed by atoms with E-state index in [1.54, 1.807) is 0 Å². The zero-order chi connectivity index (χ0) is 13.0. The van der Waals surface area contributed by atoms with Gasteiger partial charge >= 0.3 is 11.9 Å². The molecule has 0 spiro atoms. The third-order valence-electron chi connectivity index (χ3n) is 1.05. The summed E-state index contributed by atoms with van der Waals surface area (Å²) in [5, 5.41) is 16.1. The second-order valence-corrected chi connectivity index (χ2v) is 2.44. The van der Waals surface area contributed by atoms with Crippen molar-refractivity contribution in [3.8, 4) is 0 Å². The number of aliphatic hydroxyl groups is 2. The Hall–Kier alpha value is -1.66. The molecule has 0 heterocycles. The van der Waals surface area contributed by atoms with E-state index < -0.39 is 18.7 Å². The molecule has 92 valence electrons. The highest BCUT2D eigenvalue weighted by molar-refractivity contribution is 5.86. The fourth-order valence-corrected chi connectivity index (χ4v) is 0.387. The molecule has 0 rings (SSSR count). The topological polar surface area (TPSA) is 93.1 Å². The summed E-state index contributed by atoms with van der Waals surface area (Å²) in [6.07, 6.45) is 1.05. The molecular weight excluding hydrogens is 216 g/mol. The van der Waals surface area contributed by atoms with Crippen molar-refractivity contribution in [2.24, 2.45) is 0 Å². The van der Waals surface area contributed by atoms with Gasteiger partial charge in [-0.2, -0.15) is 0 Å². The summed E-state index contributed by atoms with van der Waals surface area (Å²) in [5.74, 6) is -1.06. The highest BCUT2D eigenvalue weighted by atomic mass is 16.6. The van der Waals surface area contributed by atoms with E-state index >= 15 is 0 Å². The molecule has 0 aliphatic heterocycles. The van der Waals surface area contributed by atoms with E-state index in [0.717, 1.165) is 6.08 Å². The zero-order valence-electron chi connectivity index (χ0n) is 9.14. The number of aliphatic hydroxyl groups excluding tert-OH is 2. The molecule has 0 fully saturated rings. The summed E-state index contributed by atoms with van der Waals surface area (Å²) in [6, 6.07) is 0. The van der Waals surface area contributed by atoms with Crippen molar-refractivity contribution in [3.63, 3.8) is 0 Å². The van der Waals surface area contributed by atoms with Crippen molar-refractivity contribution in [1.29, 1.82) is 0 Å². The van der Waals surface area contributed by atoms with Crippen molar-refractivity contribution >= 4 is 11.9 Å². The SMILES string of the molecule is C=C(C)C(=O)OCO.C=CC(=O)OCCO. The molecule has 0 aromatic rings. The van der Waals surface area contributed by atoms with Gasteiger partial charge in [0.15, 0.2) is 6.79 Å². The summed E-state index contributed by atoms with van der Waals surface area (Å²) in [5.41, 5.74) is 0.291. The van der Waals surface area contributed by atoms with Gasteiger partial charge in [0.2, 0.25) is 0 Å². The largest absolute Gasteiger partial charge is 0.460 e. The Morgan fingerprint density at radius 2 is 1.88 bits per heavy atom. The lowest BCUT2D eigenvalue weighted by molar-refractivity contribution is -0.146. The number of esters is 2. The summed E-state index contributed by atoms with van der Waals surface area (Å²) in [6.45, 7) is 7.29. The van der Waals surface area contributed by atoms with Crippen LogP contribution in [0.3, 0.4) is 0 Å². The first-order valence-corrected chi connectivity index (χ1v) is 4.33. The molecule has 16 heavy (non-hydrogen) atoms. The molecule has 0 unspecified atom stereocenters. The Bertz CT molecular complexity index is 244. The Morgan fingerprint density at radius 1 is 1.31 bits per heavy atom. The molecule has 0 radical (unpaired) electrons. The molecule has 0 aromatic carbocycles. The lowest BCUT2D eigenvalue weighted by Gasteiger charge is -1.95. The monoisotopic (exact) mass is 232 g/mol. The van der Waals surface area contributed by atoms with Crippen LogP contribution in [-0.2, 0) is 19.1 Å². The second-order valence-electron chi connectivity index (χ2n) is 2.44. The van der Waals surface area contributed by atoms with Gasteiger partial charge in [-0.05, 0) is 6.92 Å². The van der Waals surface area contributed by atoms with Crippen molar-refractivity contribution in [3.05, 3.63) is 24.8 Å². The van der Waals surface area contributed by atoms with Gasteiger partial charge in [0.25, 0.3) is 0 Å². The van der Waals surface area contributed by atoms with Crippen LogP contribution in [-0.4, -0.2) is 42.2 Å². The maximum absolute atomic E-state index is 10.3. The Labute approximate surface area is 93.8 Å². The first kappa shape index (κ1) is 16.8. The minimum absolute atomic E-state index is 0.0465. The molecule has 0 aliphatic rings. The van der Waals surface area contributed by atoms with E-state index in [9.17, 15) is 9.59 Å². The quantitative estimate of drug-likeness (QED) is 0.386. The lowest BCUT2D eigenvalue weighted by atomic mass is 10.4. The van der Waals surface area contributed by atoms with Gasteiger partial charge in [-0.15, -0.1) is 0 Å². The molecule has 6 nitrogen and oxygen atoms in total. The van der Waals surface area contributed by atoms with Crippen LogP contribution in [0.25, 0.3) is 0 Å². The van der Waals surface area contributed by atoms with Crippen LogP contribution < -0.4 is 0 Å². The van der Waals surface area contributed by atoms with E-state index in [1.165, 1.54) is 6.92 Å². The highest BCUT2D eigenvalue weighted by Gasteiger charge is 1.98. The number of rotatable bonds is 5. The van der Waals surface area contributed by atoms with Crippen molar-refractivity contribution < 1.29 is 29.3 Å². The molecule has 0 atom stereocenters. The van der Waals surface area contributed by atoms with E-state index in [0.29, 0.717) is 5.57 Å². The van der Waals surface area contributed by atoms with Crippen LogP contribution in [0.2, 0.25) is 0 Å². The molecule has 0 aromatic heterocycles. The molecule has 0 amide bonds. The van der Waals surface area contributed by atoms with Gasteiger partial charge in [0.1, 0.15) is 6.61 Å². The molecule has 2 N–H and O–H groups in total. The fraction of sp³-hybridized carbons (Fsp3) is 0.400. The van der Waals surface area contributed by atoms with Gasteiger partial charge in [-0.3, -0.25) is 0 Å². The molecule has 0 aliphatic carbocycles. The smallest absolute Gasteiger partial charge is 0.335 e. The van der Waals surface area contributed by atoms with E-state index in [4.69, 9.17) is 10.2 Å². The first-order valence-electron chi connectivity index (χ1n) is 4.33. The maximum Gasteiger partial charge on any atom is 0.335 e. The summed E-state index contributed by atoms with van der Waals surface area (Å²) in [4.78, 5) is 20.4. The Morgan fingerprint density at radius 3 is 2.12 bits per heavy atom. The molecule has 0 bridgehead atoms. The summed E-state index contributed by atoms with van der Waals surface area (Å²) in [7, 11) is 0.